The number of rotatable bonds is 8. The summed E-state index contributed by atoms with van der Waals surface area (Å²) >= 11 is 11.8. The number of halogens is 5. The van der Waals surface area contributed by atoms with E-state index in [9.17, 15) is 26.4 Å². The summed E-state index contributed by atoms with van der Waals surface area (Å²) < 4.78 is 73.2. The number of pyridine rings is 1. The lowest BCUT2D eigenvalue weighted by Gasteiger charge is -2.30. The van der Waals surface area contributed by atoms with E-state index in [0.29, 0.717) is 16.1 Å². The predicted octanol–water partition coefficient (Wildman–Crippen LogP) is 6.26. The number of anilines is 2. The molecule has 0 fully saturated rings. The Kier molecular flexibility index (Phi) is 8.74. The molecule has 7 nitrogen and oxygen atoms in total. The van der Waals surface area contributed by atoms with Crippen LogP contribution in [-0.2, 0) is 20.9 Å². The summed E-state index contributed by atoms with van der Waals surface area (Å²) in [6.07, 6.45) is -3.73. The summed E-state index contributed by atoms with van der Waals surface area (Å²) in [5, 5.41) is -0.675. The quantitative estimate of drug-likeness (QED) is 0.296. The van der Waals surface area contributed by atoms with E-state index in [4.69, 9.17) is 27.9 Å². The van der Waals surface area contributed by atoms with Crippen LogP contribution in [0.4, 0.5) is 24.5 Å². The molecule has 0 N–H and O–H groups in total. The van der Waals surface area contributed by atoms with Crippen LogP contribution in [0.25, 0.3) is 0 Å². The number of sulfonamides is 1. The summed E-state index contributed by atoms with van der Waals surface area (Å²) in [5.74, 6) is -0.656. The minimum atomic E-state index is -4.90. The molecule has 0 aliphatic carbocycles. The Hall–Kier alpha value is -2.86. The standard InChI is InChI=1S/C24H22Cl2F3N3O4S/c1-15(2)32(17-7-5-4-6-8-17)23(33)22-21(11-16(25)13-30-22)31(14-36-3)37(34,35)18-9-10-20(26)19(12-18)24(27,28)29/h4-13,15H,14H2,1-3H3. The fourth-order valence-electron chi connectivity index (χ4n) is 3.53. The van der Waals surface area contributed by atoms with Crippen LogP contribution >= 0.6 is 23.2 Å². The number of hydrogen-bond acceptors (Lipinski definition) is 5. The third-order valence-corrected chi connectivity index (χ3v) is 7.42. The van der Waals surface area contributed by atoms with Crippen LogP contribution in [0.5, 0.6) is 0 Å². The van der Waals surface area contributed by atoms with Gasteiger partial charge in [0.1, 0.15) is 6.73 Å². The second-order valence-corrected chi connectivity index (χ2v) is 10.7. The third kappa shape index (κ3) is 6.18. The van der Waals surface area contributed by atoms with Crippen LogP contribution in [0.3, 0.4) is 0 Å². The van der Waals surface area contributed by atoms with Gasteiger partial charge in [0.05, 0.1) is 26.2 Å². The van der Waals surface area contributed by atoms with Crippen molar-refractivity contribution in [2.75, 3.05) is 23.0 Å². The lowest BCUT2D eigenvalue weighted by molar-refractivity contribution is -0.137. The van der Waals surface area contributed by atoms with Gasteiger partial charge in [-0.2, -0.15) is 13.2 Å². The molecule has 2 aromatic carbocycles. The Morgan fingerprint density at radius 1 is 1.08 bits per heavy atom. The first-order chi connectivity index (χ1) is 17.3. The summed E-state index contributed by atoms with van der Waals surface area (Å²) in [5.41, 5.74) is -1.38. The highest BCUT2D eigenvalue weighted by Gasteiger charge is 2.37. The molecular formula is C24H22Cl2F3N3O4S. The van der Waals surface area contributed by atoms with Gasteiger partial charge in [-0.25, -0.2) is 17.7 Å². The number of carbonyl (C=O) groups excluding carboxylic acids is 1. The van der Waals surface area contributed by atoms with Crippen LogP contribution < -0.4 is 9.21 Å². The number of carbonyl (C=O) groups is 1. The molecule has 1 aromatic heterocycles. The molecular weight excluding hydrogens is 554 g/mol. The van der Waals surface area contributed by atoms with E-state index in [1.54, 1.807) is 44.2 Å². The number of hydrogen-bond donors (Lipinski definition) is 0. The zero-order valence-corrected chi connectivity index (χ0v) is 22.2. The van der Waals surface area contributed by atoms with Gasteiger partial charge in [-0.05, 0) is 50.2 Å². The molecule has 0 unspecified atom stereocenters. The molecule has 0 bridgehead atoms. The zero-order valence-electron chi connectivity index (χ0n) is 19.8. The normalized spacial score (nSPS) is 12.0. The highest BCUT2D eigenvalue weighted by Crippen LogP contribution is 2.37. The van der Waals surface area contributed by atoms with Crippen LogP contribution in [0.2, 0.25) is 10.0 Å². The van der Waals surface area contributed by atoms with Crippen LogP contribution in [-0.4, -0.2) is 39.2 Å². The Bertz CT molecular complexity index is 1390. The van der Waals surface area contributed by atoms with Crippen molar-refractivity contribution in [1.82, 2.24) is 4.98 Å². The number of amides is 1. The average molecular weight is 576 g/mol. The number of aromatic nitrogens is 1. The molecule has 0 aliphatic heterocycles. The van der Waals surface area contributed by atoms with E-state index in [0.717, 1.165) is 12.1 Å². The first kappa shape index (κ1) is 28.7. The zero-order chi connectivity index (χ0) is 27.5. The van der Waals surface area contributed by atoms with Crippen LogP contribution in [0.1, 0.15) is 29.9 Å². The molecule has 0 aliphatic rings. The number of para-hydroxylation sites is 1. The number of alkyl halides is 3. The van der Waals surface area contributed by atoms with E-state index in [1.165, 1.54) is 24.3 Å². The van der Waals surface area contributed by atoms with E-state index >= 15 is 0 Å². The van der Waals surface area contributed by atoms with Crippen molar-refractivity contribution >= 4 is 50.5 Å². The molecule has 0 saturated heterocycles. The summed E-state index contributed by atoms with van der Waals surface area (Å²) in [6, 6.07) is 11.6. The molecule has 198 valence electrons. The van der Waals surface area contributed by atoms with Crippen molar-refractivity contribution in [3.8, 4) is 0 Å². The molecule has 3 rings (SSSR count). The second-order valence-electron chi connectivity index (χ2n) is 8.04. The van der Waals surface area contributed by atoms with E-state index in [-0.39, 0.29) is 22.4 Å². The molecule has 13 heteroatoms. The van der Waals surface area contributed by atoms with Crippen molar-refractivity contribution in [3.63, 3.8) is 0 Å². The fourth-order valence-corrected chi connectivity index (χ4v) is 5.31. The van der Waals surface area contributed by atoms with Gasteiger partial charge in [0.2, 0.25) is 0 Å². The molecule has 0 radical (unpaired) electrons. The topological polar surface area (TPSA) is 79.8 Å². The lowest BCUT2D eigenvalue weighted by Crippen LogP contribution is -2.40. The van der Waals surface area contributed by atoms with E-state index < -0.39 is 44.3 Å². The minimum Gasteiger partial charge on any atom is -0.363 e. The number of methoxy groups -OCH3 is 1. The lowest BCUT2D eigenvalue weighted by atomic mass is 10.2. The first-order valence-corrected chi connectivity index (χ1v) is 12.9. The van der Waals surface area contributed by atoms with Crippen molar-refractivity contribution in [2.24, 2.45) is 0 Å². The third-order valence-electron chi connectivity index (χ3n) is 5.15. The maximum absolute atomic E-state index is 13.7. The Morgan fingerprint density at radius 3 is 2.30 bits per heavy atom. The highest BCUT2D eigenvalue weighted by molar-refractivity contribution is 7.92. The molecule has 37 heavy (non-hydrogen) atoms. The van der Waals surface area contributed by atoms with Gasteiger partial charge in [0.25, 0.3) is 15.9 Å². The van der Waals surface area contributed by atoms with E-state index in [1.807, 2.05) is 0 Å². The molecule has 0 atom stereocenters. The minimum absolute atomic E-state index is 0.00857. The fraction of sp³-hybridized carbons (Fsp3) is 0.250. The molecule has 1 heterocycles. The van der Waals surface area contributed by atoms with Crippen molar-refractivity contribution in [3.05, 3.63) is 82.1 Å². The van der Waals surface area contributed by atoms with Gasteiger partial charge < -0.3 is 9.64 Å². The van der Waals surface area contributed by atoms with Crippen molar-refractivity contribution < 1.29 is 31.1 Å². The monoisotopic (exact) mass is 575 g/mol. The Balaban J connectivity index is 2.20. The number of ether oxygens (including phenoxy) is 1. The van der Waals surface area contributed by atoms with Gasteiger partial charge in [0, 0.05) is 25.0 Å². The van der Waals surface area contributed by atoms with Gasteiger partial charge in [0.15, 0.2) is 5.69 Å². The first-order valence-electron chi connectivity index (χ1n) is 10.7. The van der Waals surface area contributed by atoms with Gasteiger partial charge >= 0.3 is 6.18 Å². The second kappa shape index (κ2) is 11.3. The smallest absolute Gasteiger partial charge is 0.363 e. The Morgan fingerprint density at radius 2 is 1.73 bits per heavy atom. The SMILES string of the molecule is COCN(c1cc(Cl)cnc1C(=O)N(c1ccccc1)C(C)C)S(=O)(=O)c1ccc(Cl)c(C(F)(F)F)c1. The highest BCUT2D eigenvalue weighted by atomic mass is 35.5. The van der Waals surface area contributed by atoms with Crippen LogP contribution in [0, 0.1) is 0 Å². The Labute approximate surface area is 222 Å². The molecule has 3 aromatic rings. The van der Waals surface area contributed by atoms with Gasteiger partial charge in [-0.15, -0.1) is 0 Å². The maximum Gasteiger partial charge on any atom is 0.417 e. The van der Waals surface area contributed by atoms with Gasteiger partial charge in [-0.3, -0.25) is 4.79 Å². The summed E-state index contributed by atoms with van der Waals surface area (Å²) in [6.45, 7) is 2.87. The largest absolute Gasteiger partial charge is 0.417 e. The van der Waals surface area contributed by atoms with Gasteiger partial charge in [-0.1, -0.05) is 41.4 Å². The molecule has 0 saturated carbocycles. The maximum atomic E-state index is 13.7. The average Bonchev–Trinajstić information content (AvgIpc) is 2.82. The van der Waals surface area contributed by atoms with Crippen LogP contribution in [0.15, 0.2) is 65.7 Å². The predicted molar refractivity (Wildman–Crippen MR) is 136 cm³/mol. The molecule has 1 amide bonds. The van der Waals surface area contributed by atoms with E-state index in [2.05, 4.69) is 4.98 Å². The number of benzene rings is 2. The summed E-state index contributed by atoms with van der Waals surface area (Å²) in [4.78, 5) is 18.5. The number of nitrogens with zero attached hydrogens (tertiary/aromatic N) is 3. The molecule has 0 spiro atoms. The van der Waals surface area contributed by atoms with Crippen molar-refractivity contribution in [2.45, 2.75) is 31.0 Å². The summed E-state index contributed by atoms with van der Waals surface area (Å²) in [7, 11) is -3.53. The van der Waals surface area contributed by atoms with Crippen molar-refractivity contribution in [1.29, 1.82) is 0 Å².